The summed E-state index contributed by atoms with van der Waals surface area (Å²) < 4.78 is 0. The molecule has 1 fully saturated rings. The average Bonchev–Trinajstić information content (AvgIpc) is 3.41. The van der Waals surface area contributed by atoms with Gasteiger partial charge in [-0.05, 0) is 42.9 Å². The lowest BCUT2D eigenvalue weighted by Gasteiger charge is -2.33. The van der Waals surface area contributed by atoms with Crippen LogP contribution in [0.4, 0.5) is 0 Å². The monoisotopic (exact) mass is 482 g/mol. The molecule has 3 aromatic rings. The Morgan fingerprint density at radius 3 is 2.06 bits per heavy atom. The molecule has 0 aromatic heterocycles. The molecule has 2 amide bonds. The summed E-state index contributed by atoms with van der Waals surface area (Å²) in [5.74, 6) is -0.0979. The second-order valence-corrected chi connectivity index (χ2v) is 10.0. The highest BCUT2D eigenvalue weighted by Gasteiger charge is 2.32. The maximum Gasteiger partial charge on any atom is 0.243 e. The van der Waals surface area contributed by atoms with E-state index in [1.165, 1.54) is 0 Å². The minimum Gasteiger partial charge on any atom is -0.352 e. The van der Waals surface area contributed by atoms with E-state index in [9.17, 15) is 9.59 Å². The number of nitrogens with zero attached hydrogens (tertiary/aromatic N) is 1. The molecular formula is C32H38N2O2. The van der Waals surface area contributed by atoms with Crippen LogP contribution >= 0.6 is 0 Å². The summed E-state index contributed by atoms with van der Waals surface area (Å²) in [6.45, 7) is 4.48. The minimum absolute atomic E-state index is 0.00244. The quantitative estimate of drug-likeness (QED) is 0.364. The summed E-state index contributed by atoms with van der Waals surface area (Å²) in [7, 11) is 0. The third kappa shape index (κ3) is 6.63. The van der Waals surface area contributed by atoms with E-state index < -0.39 is 6.04 Å². The Hall–Kier alpha value is -3.40. The highest BCUT2D eigenvalue weighted by Crippen LogP contribution is 2.30. The number of nitrogens with one attached hydrogen (secondary N) is 1. The summed E-state index contributed by atoms with van der Waals surface area (Å²) in [4.78, 5) is 29.3. The van der Waals surface area contributed by atoms with Crippen LogP contribution in [-0.4, -0.2) is 28.8 Å². The van der Waals surface area contributed by atoms with Gasteiger partial charge in [0.1, 0.15) is 6.04 Å². The van der Waals surface area contributed by atoms with Gasteiger partial charge in [0.15, 0.2) is 0 Å². The molecule has 0 saturated heterocycles. The van der Waals surface area contributed by atoms with E-state index in [4.69, 9.17) is 0 Å². The summed E-state index contributed by atoms with van der Waals surface area (Å²) >= 11 is 0. The topological polar surface area (TPSA) is 49.4 Å². The smallest absolute Gasteiger partial charge is 0.243 e. The summed E-state index contributed by atoms with van der Waals surface area (Å²) in [5.41, 5.74) is 4.41. The first kappa shape index (κ1) is 25.7. The van der Waals surface area contributed by atoms with Crippen molar-refractivity contribution >= 4 is 11.8 Å². The second-order valence-electron chi connectivity index (χ2n) is 10.0. The Balaban J connectivity index is 1.63. The fourth-order valence-corrected chi connectivity index (χ4v) is 5.38. The van der Waals surface area contributed by atoms with Crippen molar-refractivity contribution in [3.63, 3.8) is 0 Å². The molecule has 3 aromatic carbocycles. The zero-order chi connectivity index (χ0) is 25.3. The van der Waals surface area contributed by atoms with Crippen molar-refractivity contribution in [2.45, 2.75) is 76.9 Å². The molecule has 188 valence electrons. The van der Waals surface area contributed by atoms with E-state index in [0.717, 1.165) is 47.9 Å². The molecule has 4 rings (SSSR count). The van der Waals surface area contributed by atoms with Crippen LogP contribution in [0.2, 0.25) is 0 Å². The highest BCUT2D eigenvalue weighted by atomic mass is 16.2. The van der Waals surface area contributed by atoms with E-state index in [0.29, 0.717) is 19.4 Å². The van der Waals surface area contributed by atoms with Crippen LogP contribution in [0.25, 0.3) is 0 Å². The van der Waals surface area contributed by atoms with E-state index in [1.54, 1.807) is 0 Å². The maximum absolute atomic E-state index is 14.1. The maximum atomic E-state index is 14.1. The molecular weight excluding hydrogens is 444 g/mol. The van der Waals surface area contributed by atoms with Gasteiger partial charge >= 0.3 is 0 Å². The third-order valence-electron chi connectivity index (χ3n) is 7.31. The van der Waals surface area contributed by atoms with Gasteiger partial charge in [-0.15, -0.1) is 0 Å². The highest BCUT2D eigenvalue weighted by molar-refractivity contribution is 5.88. The number of benzene rings is 3. The molecule has 1 N–H and O–H groups in total. The van der Waals surface area contributed by atoms with Crippen molar-refractivity contribution in [1.29, 1.82) is 0 Å². The minimum atomic E-state index is -0.495. The van der Waals surface area contributed by atoms with E-state index in [-0.39, 0.29) is 23.8 Å². The van der Waals surface area contributed by atoms with Crippen LogP contribution in [0.3, 0.4) is 0 Å². The van der Waals surface area contributed by atoms with Gasteiger partial charge in [0.05, 0.1) is 0 Å². The van der Waals surface area contributed by atoms with Gasteiger partial charge in [0, 0.05) is 24.9 Å². The van der Waals surface area contributed by atoms with Crippen molar-refractivity contribution in [1.82, 2.24) is 10.2 Å². The van der Waals surface area contributed by atoms with Gasteiger partial charge in [-0.2, -0.15) is 0 Å². The van der Waals surface area contributed by atoms with Crippen molar-refractivity contribution in [3.05, 3.63) is 107 Å². The predicted octanol–water partition coefficient (Wildman–Crippen LogP) is 6.38. The number of aryl methyl sites for hydroxylation is 1. The van der Waals surface area contributed by atoms with Crippen LogP contribution in [-0.2, 0) is 16.1 Å². The van der Waals surface area contributed by atoms with Crippen LogP contribution in [0.15, 0.2) is 84.9 Å². The largest absolute Gasteiger partial charge is 0.352 e. The Bertz CT molecular complexity index is 1080. The zero-order valence-electron chi connectivity index (χ0n) is 21.5. The Morgan fingerprint density at radius 2 is 1.50 bits per heavy atom. The van der Waals surface area contributed by atoms with Crippen molar-refractivity contribution in [2.75, 3.05) is 0 Å². The Kier molecular flexibility index (Phi) is 8.94. The number of amides is 2. The first-order valence-corrected chi connectivity index (χ1v) is 13.3. The molecule has 1 aliphatic rings. The molecule has 0 bridgehead atoms. The molecule has 1 aliphatic carbocycles. The fraction of sp³-hybridized carbons (Fsp3) is 0.375. The Morgan fingerprint density at radius 1 is 0.889 bits per heavy atom. The Labute approximate surface area is 215 Å². The number of hydrogen-bond acceptors (Lipinski definition) is 2. The van der Waals surface area contributed by atoms with Gasteiger partial charge in [0.25, 0.3) is 0 Å². The standard InChI is InChI=1S/C32H38N2O2/c1-3-30(32(36)33-28-19-10-11-20-28)34(23-25-14-12-13-24(2)21-25)31(35)22-29(26-15-6-4-7-16-26)27-17-8-5-9-18-27/h4-9,12-18,21,28-30H,3,10-11,19-20,22-23H2,1-2H3,(H,33,36). The summed E-state index contributed by atoms with van der Waals surface area (Å²) in [5, 5.41) is 3.25. The van der Waals surface area contributed by atoms with E-state index >= 15 is 0 Å². The lowest BCUT2D eigenvalue weighted by molar-refractivity contribution is -0.141. The fourth-order valence-electron chi connectivity index (χ4n) is 5.38. The predicted molar refractivity (Wildman–Crippen MR) is 146 cm³/mol. The molecule has 0 spiro atoms. The molecule has 1 unspecified atom stereocenters. The molecule has 0 aliphatic heterocycles. The van der Waals surface area contributed by atoms with Gasteiger partial charge in [-0.25, -0.2) is 0 Å². The van der Waals surface area contributed by atoms with Crippen molar-refractivity contribution < 1.29 is 9.59 Å². The van der Waals surface area contributed by atoms with Gasteiger partial charge in [0.2, 0.25) is 11.8 Å². The molecule has 0 heterocycles. The first-order chi connectivity index (χ1) is 17.5. The third-order valence-corrected chi connectivity index (χ3v) is 7.31. The first-order valence-electron chi connectivity index (χ1n) is 13.3. The van der Waals surface area contributed by atoms with Gasteiger partial charge in [-0.3, -0.25) is 9.59 Å². The number of rotatable bonds is 10. The summed E-state index contributed by atoms with van der Waals surface area (Å²) in [6.07, 6.45) is 5.26. The number of carbonyl (C=O) groups excluding carboxylic acids is 2. The van der Waals surface area contributed by atoms with Gasteiger partial charge in [-0.1, -0.05) is 110 Å². The average molecular weight is 483 g/mol. The van der Waals surface area contributed by atoms with E-state index in [1.807, 2.05) is 60.4 Å². The molecule has 1 atom stereocenters. The van der Waals surface area contributed by atoms with Crippen LogP contribution in [0.5, 0.6) is 0 Å². The zero-order valence-corrected chi connectivity index (χ0v) is 21.5. The lowest BCUT2D eigenvalue weighted by atomic mass is 9.88. The van der Waals surface area contributed by atoms with Crippen LogP contribution < -0.4 is 5.32 Å². The molecule has 0 radical (unpaired) electrons. The molecule has 36 heavy (non-hydrogen) atoms. The summed E-state index contributed by atoms with van der Waals surface area (Å²) in [6, 6.07) is 28.4. The van der Waals surface area contributed by atoms with Gasteiger partial charge < -0.3 is 10.2 Å². The normalized spacial score (nSPS) is 14.5. The van der Waals surface area contributed by atoms with Crippen LogP contribution in [0, 0.1) is 6.92 Å². The van der Waals surface area contributed by atoms with Crippen LogP contribution in [0.1, 0.15) is 73.6 Å². The SMILES string of the molecule is CCC(C(=O)NC1CCCC1)N(Cc1cccc(C)c1)C(=O)CC(c1ccccc1)c1ccccc1. The molecule has 1 saturated carbocycles. The molecule has 4 heteroatoms. The number of hydrogen-bond donors (Lipinski definition) is 1. The van der Waals surface area contributed by atoms with Crippen molar-refractivity contribution in [2.24, 2.45) is 0 Å². The molecule has 4 nitrogen and oxygen atoms in total. The second kappa shape index (κ2) is 12.5. The van der Waals surface area contributed by atoms with Crippen molar-refractivity contribution in [3.8, 4) is 0 Å². The number of carbonyl (C=O) groups is 2. The van der Waals surface area contributed by atoms with E-state index in [2.05, 4.69) is 48.6 Å². The lowest BCUT2D eigenvalue weighted by Crippen LogP contribution is -2.51.